The van der Waals surface area contributed by atoms with Gasteiger partial charge in [0.1, 0.15) is 17.3 Å². The zero-order chi connectivity index (χ0) is 11.4. The van der Waals surface area contributed by atoms with Crippen LogP contribution in [0.5, 0.6) is 0 Å². The Bertz CT molecular complexity index is 348. The standard InChI is InChI=1S/C10H12F2N2O/c1-6(5-13)10(15)14-9-7(11)3-2-4-8(9)12/h2-4,6H,5,13H2,1H3,(H,14,15). The van der Waals surface area contributed by atoms with E-state index in [1.54, 1.807) is 6.92 Å². The van der Waals surface area contributed by atoms with Crippen molar-refractivity contribution < 1.29 is 13.6 Å². The lowest BCUT2D eigenvalue weighted by Crippen LogP contribution is -2.27. The van der Waals surface area contributed by atoms with Gasteiger partial charge >= 0.3 is 0 Å². The van der Waals surface area contributed by atoms with Gasteiger partial charge in [0.05, 0.1) is 0 Å². The number of carbonyl (C=O) groups is 1. The lowest BCUT2D eigenvalue weighted by molar-refractivity contribution is -0.119. The first-order valence-electron chi connectivity index (χ1n) is 4.51. The van der Waals surface area contributed by atoms with E-state index in [2.05, 4.69) is 5.32 Å². The first-order chi connectivity index (χ1) is 7.06. The van der Waals surface area contributed by atoms with Crippen molar-refractivity contribution in [1.29, 1.82) is 0 Å². The molecule has 1 unspecified atom stereocenters. The van der Waals surface area contributed by atoms with Crippen LogP contribution >= 0.6 is 0 Å². The number of anilines is 1. The van der Waals surface area contributed by atoms with Crippen LogP contribution in [-0.4, -0.2) is 12.5 Å². The van der Waals surface area contributed by atoms with Crippen LogP contribution in [0.3, 0.4) is 0 Å². The maximum absolute atomic E-state index is 13.1. The second-order valence-electron chi connectivity index (χ2n) is 3.22. The van der Waals surface area contributed by atoms with Crippen LogP contribution in [0.4, 0.5) is 14.5 Å². The van der Waals surface area contributed by atoms with Crippen LogP contribution in [0.25, 0.3) is 0 Å². The van der Waals surface area contributed by atoms with E-state index in [1.165, 1.54) is 6.07 Å². The van der Waals surface area contributed by atoms with Gasteiger partial charge in [-0.3, -0.25) is 4.79 Å². The molecule has 1 aromatic rings. The van der Waals surface area contributed by atoms with Gasteiger partial charge in [-0.2, -0.15) is 0 Å². The first kappa shape index (κ1) is 11.6. The summed E-state index contributed by atoms with van der Waals surface area (Å²) in [5.41, 5.74) is 4.83. The number of rotatable bonds is 3. The molecule has 0 aliphatic heterocycles. The lowest BCUT2D eigenvalue weighted by Gasteiger charge is -2.10. The van der Waals surface area contributed by atoms with Crippen LogP contribution in [0.1, 0.15) is 6.92 Å². The third-order valence-electron chi connectivity index (χ3n) is 2.01. The van der Waals surface area contributed by atoms with Gasteiger partial charge in [-0.15, -0.1) is 0 Å². The molecule has 1 aromatic carbocycles. The van der Waals surface area contributed by atoms with Crippen molar-refractivity contribution in [3.63, 3.8) is 0 Å². The van der Waals surface area contributed by atoms with Crippen LogP contribution in [0, 0.1) is 17.6 Å². The van der Waals surface area contributed by atoms with E-state index < -0.39 is 29.1 Å². The number of hydrogen-bond donors (Lipinski definition) is 2. The number of benzene rings is 1. The highest BCUT2D eigenvalue weighted by Crippen LogP contribution is 2.18. The van der Waals surface area contributed by atoms with Gasteiger partial charge in [-0.25, -0.2) is 8.78 Å². The molecule has 1 atom stereocenters. The molecule has 0 saturated heterocycles. The number of nitrogens with one attached hydrogen (secondary N) is 1. The van der Waals surface area contributed by atoms with Crippen LogP contribution in [0.15, 0.2) is 18.2 Å². The van der Waals surface area contributed by atoms with Crippen molar-refractivity contribution in [2.24, 2.45) is 11.7 Å². The molecule has 1 amide bonds. The van der Waals surface area contributed by atoms with Crippen molar-refractivity contribution in [3.8, 4) is 0 Å². The lowest BCUT2D eigenvalue weighted by atomic mass is 10.1. The molecule has 0 bridgehead atoms. The fourth-order valence-electron chi connectivity index (χ4n) is 0.971. The SMILES string of the molecule is CC(CN)C(=O)Nc1c(F)cccc1F. The highest BCUT2D eigenvalue weighted by molar-refractivity contribution is 5.92. The maximum atomic E-state index is 13.1. The zero-order valence-corrected chi connectivity index (χ0v) is 8.26. The smallest absolute Gasteiger partial charge is 0.228 e. The molecule has 3 nitrogen and oxygen atoms in total. The molecule has 0 aliphatic carbocycles. The van der Waals surface area contributed by atoms with E-state index in [-0.39, 0.29) is 6.54 Å². The average Bonchev–Trinajstić information content (AvgIpc) is 2.22. The van der Waals surface area contributed by atoms with Crippen molar-refractivity contribution in [2.45, 2.75) is 6.92 Å². The molecule has 0 spiro atoms. The van der Waals surface area contributed by atoms with Crippen LogP contribution in [-0.2, 0) is 4.79 Å². The number of halogens is 2. The molecule has 82 valence electrons. The number of amides is 1. The van der Waals surface area contributed by atoms with Gasteiger partial charge in [0, 0.05) is 12.5 Å². The van der Waals surface area contributed by atoms with E-state index in [1.807, 2.05) is 0 Å². The van der Waals surface area contributed by atoms with Gasteiger partial charge in [0.25, 0.3) is 0 Å². The van der Waals surface area contributed by atoms with Gasteiger partial charge in [0.2, 0.25) is 5.91 Å². The first-order valence-corrected chi connectivity index (χ1v) is 4.51. The van der Waals surface area contributed by atoms with Crippen LogP contribution < -0.4 is 11.1 Å². The molecule has 0 radical (unpaired) electrons. The predicted octanol–water partition coefficient (Wildman–Crippen LogP) is 1.50. The normalized spacial score (nSPS) is 12.3. The molecule has 0 fully saturated rings. The maximum Gasteiger partial charge on any atom is 0.228 e. The Hall–Kier alpha value is -1.49. The number of nitrogens with two attached hydrogens (primary N) is 1. The molecular formula is C10H12F2N2O. The Kier molecular flexibility index (Phi) is 3.74. The molecule has 0 saturated carbocycles. The molecule has 5 heteroatoms. The average molecular weight is 214 g/mol. The predicted molar refractivity (Wildman–Crippen MR) is 53.2 cm³/mol. The topological polar surface area (TPSA) is 55.1 Å². The minimum atomic E-state index is -0.799. The summed E-state index contributed by atoms with van der Waals surface area (Å²) in [6.07, 6.45) is 0. The molecule has 0 aromatic heterocycles. The largest absolute Gasteiger partial charge is 0.330 e. The Balaban J connectivity index is 2.85. The van der Waals surface area contributed by atoms with E-state index in [0.29, 0.717) is 0 Å². The second kappa shape index (κ2) is 4.84. The Morgan fingerprint density at radius 2 is 2.00 bits per heavy atom. The number of para-hydroxylation sites is 1. The van der Waals surface area contributed by atoms with Crippen molar-refractivity contribution in [3.05, 3.63) is 29.8 Å². The molecule has 0 heterocycles. The van der Waals surface area contributed by atoms with E-state index in [0.717, 1.165) is 12.1 Å². The zero-order valence-electron chi connectivity index (χ0n) is 8.26. The highest BCUT2D eigenvalue weighted by Gasteiger charge is 2.15. The number of carbonyl (C=O) groups excluding carboxylic acids is 1. The molecule has 1 rings (SSSR count). The van der Waals surface area contributed by atoms with Gasteiger partial charge in [-0.05, 0) is 12.1 Å². The summed E-state index contributed by atoms with van der Waals surface area (Å²) in [5.74, 6) is -2.58. The Morgan fingerprint density at radius 1 is 1.47 bits per heavy atom. The van der Waals surface area contributed by atoms with Gasteiger partial charge in [-0.1, -0.05) is 13.0 Å². The van der Waals surface area contributed by atoms with Crippen LogP contribution in [0.2, 0.25) is 0 Å². The van der Waals surface area contributed by atoms with Crippen molar-refractivity contribution >= 4 is 11.6 Å². The third kappa shape index (κ3) is 2.73. The number of hydrogen-bond acceptors (Lipinski definition) is 2. The van der Waals surface area contributed by atoms with E-state index >= 15 is 0 Å². The molecule has 3 N–H and O–H groups in total. The highest BCUT2D eigenvalue weighted by atomic mass is 19.1. The summed E-state index contributed by atoms with van der Waals surface area (Å²) >= 11 is 0. The molecular weight excluding hydrogens is 202 g/mol. The van der Waals surface area contributed by atoms with Gasteiger partial charge in [0.15, 0.2) is 0 Å². The Labute approximate surface area is 86.3 Å². The van der Waals surface area contributed by atoms with E-state index in [4.69, 9.17) is 5.73 Å². The summed E-state index contributed by atoms with van der Waals surface area (Å²) in [5, 5.41) is 2.16. The third-order valence-corrected chi connectivity index (χ3v) is 2.01. The second-order valence-corrected chi connectivity index (χ2v) is 3.22. The molecule has 0 aliphatic rings. The summed E-state index contributed by atoms with van der Waals surface area (Å²) in [4.78, 5) is 11.3. The molecule has 15 heavy (non-hydrogen) atoms. The minimum absolute atomic E-state index is 0.127. The summed E-state index contributed by atoms with van der Waals surface area (Å²) < 4.78 is 26.2. The minimum Gasteiger partial charge on any atom is -0.330 e. The quantitative estimate of drug-likeness (QED) is 0.801. The monoisotopic (exact) mass is 214 g/mol. The summed E-state index contributed by atoms with van der Waals surface area (Å²) in [6.45, 7) is 1.70. The summed E-state index contributed by atoms with van der Waals surface area (Å²) in [6, 6.07) is 3.38. The van der Waals surface area contributed by atoms with Crippen molar-refractivity contribution in [1.82, 2.24) is 0 Å². The van der Waals surface area contributed by atoms with Gasteiger partial charge < -0.3 is 11.1 Å². The van der Waals surface area contributed by atoms with E-state index in [9.17, 15) is 13.6 Å². The Morgan fingerprint density at radius 3 is 2.47 bits per heavy atom. The fourth-order valence-corrected chi connectivity index (χ4v) is 0.971. The fraction of sp³-hybridized carbons (Fsp3) is 0.300. The van der Waals surface area contributed by atoms with Crippen molar-refractivity contribution in [2.75, 3.05) is 11.9 Å². The summed E-state index contributed by atoms with van der Waals surface area (Å²) in [7, 11) is 0.